The van der Waals surface area contributed by atoms with Crippen LogP contribution in [0.3, 0.4) is 0 Å². The molecule has 1 aromatic carbocycles. The molecule has 14 heteroatoms. The molecule has 2 N–H and O–H groups in total. The number of carbonyl (C=O) groups is 2. The summed E-state index contributed by atoms with van der Waals surface area (Å²) in [6.45, 7) is -1.39. The quantitative estimate of drug-likeness (QED) is 0.343. The van der Waals surface area contributed by atoms with Crippen molar-refractivity contribution in [1.29, 1.82) is 0 Å². The number of halogens is 5. The van der Waals surface area contributed by atoms with Crippen LogP contribution in [0.4, 0.5) is 27.8 Å². The molecule has 1 unspecified atom stereocenters. The molecule has 8 nitrogen and oxygen atoms in total. The summed E-state index contributed by atoms with van der Waals surface area (Å²) in [6.07, 6.45) is -3.21. The molecular weight excluding hydrogens is 545 g/mol. The number of rotatable bonds is 10. The fourth-order valence-corrected chi connectivity index (χ4v) is 4.42. The average molecular weight is 570 g/mol. The predicted octanol–water partition coefficient (Wildman–Crippen LogP) is 4.73. The van der Waals surface area contributed by atoms with Gasteiger partial charge in [0, 0.05) is 24.2 Å². The topological polar surface area (TPSA) is 98.1 Å². The lowest BCUT2D eigenvalue weighted by Crippen LogP contribution is -2.41. The lowest BCUT2D eigenvalue weighted by atomic mass is 9.96. The Morgan fingerprint density at radius 1 is 1.28 bits per heavy atom. The summed E-state index contributed by atoms with van der Waals surface area (Å²) in [4.78, 5) is 29.5. The molecule has 1 aliphatic heterocycles. The van der Waals surface area contributed by atoms with Gasteiger partial charge in [-0.3, -0.25) is 9.59 Å². The molecule has 4 rings (SSSR count). The molecule has 0 saturated carbocycles. The van der Waals surface area contributed by atoms with Gasteiger partial charge < -0.3 is 15.4 Å². The summed E-state index contributed by atoms with van der Waals surface area (Å²) in [5.74, 6) is -0.403. The van der Waals surface area contributed by atoms with E-state index in [1.54, 1.807) is 18.4 Å². The first-order valence-electron chi connectivity index (χ1n) is 11.8. The van der Waals surface area contributed by atoms with Crippen LogP contribution < -0.4 is 15.4 Å². The Labute approximate surface area is 224 Å². The molecule has 1 aliphatic rings. The number of nitrogens with one attached hydrogen (secondary N) is 2. The third-order valence-electron chi connectivity index (χ3n) is 5.82. The minimum Gasteiger partial charge on any atom is -0.484 e. The molecule has 0 aliphatic carbocycles. The highest BCUT2D eigenvalue weighted by Gasteiger charge is 2.33. The molecule has 2 amide bonds. The number of anilines is 1. The van der Waals surface area contributed by atoms with Gasteiger partial charge in [-0.05, 0) is 48.9 Å². The van der Waals surface area contributed by atoms with Crippen molar-refractivity contribution < 1.29 is 36.3 Å². The maximum absolute atomic E-state index is 13.1. The van der Waals surface area contributed by atoms with Gasteiger partial charge in [0.2, 0.25) is 5.91 Å². The smallest absolute Gasteiger partial charge is 0.422 e. The van der Waals surface area contributed by atoms with Crippen molar-refractivity contribution in [2.24, 2.45) is 0 Å². The Morgan fingerprint density at radius 2 is 2.08 bits per heavy atom. The first-order valence-corrected chi connectivity index (χ1v) is 13.2. The lowest BCUT2D eigenvalue weighted by Gasteiger charge is -2.23. The Morgan fingerprint density at radius 3 is 2.74 bits per heavy atom. The van der Waals surface area contributed by atoms with Gasteiger partial charge in [0.15, 0.2) is 18.2 Å². The van der Waals surface area contributed by atoms with Crippen LogP contribution in [0, 0.1) is 0 Å². The molecule has 0 saturated heterocycles. The molecule has 3 aromatic rings. The SMILES string of the molecule is CSCC(=O)Nc1c2c(nn1-c1ccc(C(F)F)cn1)CC(CCc1cccc(OCC(F)(F)F)c1)NC2=O. The van der Waals surface area contributed by atoms with Gasteiger partial charge in [-0.15, -0.1) is 0 Å². The first-order chi connectivity index (χ1) is 18.5. The third kappa shape index (κ3) is 7.25. The standard InChI is InChI=1S/C25H24F5N5O3S/c1-39-12-20(36)33-23-21-18(34-35(23)19-8-6-15(11-31-19)22(26)27)10-16(32-24(21)37)7-5-14-3-2-4-17(9-14)38-13-25(28,29)30/h2-4,6,8-9,11,16,22H,5,7,10,12-13H2,1H3,(H,32,37)(H,33,36). The van der Waals surface area contributed by atoms with E-state index in [-0.39, 0.29) is 46.2 Å². The Balaban J connectivity index is 1.53. The maximum atomic E-state index is 13.1. The van der Waals surface area contributed by atoms with Gasteiger partial charge in [0.25, 0.3) is 12.3 Å². The van der Waals surface area contributed by atoms with E-state index in [1.807, 2.05) is 0 Å². The number of benzene rings is 1. The molecule has 39 heavy (non-hydrogen) atoms. The number of alkyl halides is 5. The number of amides is 2. The number of aromatic nitrogens is 3. The number of nitrogens with zero attached hydrogens (tertiary/aromatic N) is 3. The van der Waals surface area contributed by atoms with Crippen molar-refractivity contribution in [1.82, 2.24) is 20.1 Å². The monoisotopic (exact) mass is 569 g/mol. The zero-order chi connectivity index (χ0) is 28.2. The number of fused-ring (bicyclic) bond motifs is 1. The highest BCUT2D eigenvalue weighted by Crippen LogP contribution is 2.29. The second-order valence-corrected chi connectivity index (χ2v) is 9.64. The van der Waals surface area contributed by atoms with Crippen LogP contribution in [0.15, 0.2) is 42.6 Å². The minimum absolute atomic E-state index is 0.0896. The van der Waals surface area contributed by atoms with Crippen LogP contribution >= 0.6 is 11.8 Å². The largest absolute Gasteiger partial charge is 0.484 e. The van der Waals surface area contributed by atoms with Gasteiger partial charge in [-0.1, -0.05) is 12.1 Å². The normalized spacial score (nSPS) is 15.2. The first kappa shape index (κ1) is 28.3. The van der Waals surface area contributed by atoms with Crippen molar-refractivity contribution in [2.75, 3.05) is 23.9 Å². The summed E-state index contributed by atoms with van der Waals surface area (Å²) in [5, 5.41) is 10.1. The van der Waals surface area contributed by atoms with Crippen molar-refractivity contribution in [3.63, 3.8) is 0 Å². The van der Waals surface area contributed by atoms with Crippen LogP contribution in [0.1, 0.15) is 40.0 Å². The van der Waals surface area contributed by atoms with Crippen molar-refractivity contribution in [3.8, 4) is 11.6 Å². The highest BCUT2D eigenvalue weighted by molar-refractivity contribution is 7.99. The van der Waals surface area contributed by atoms with E-state index in [9.17, 15) is 31.5 Å². The number of hydrogen-bond acceptors (Lipinski definition) is 6. The molecule has 0 bridgehead atoms. The van der Waals surface area contributed by atoms with E-state index in [0.717, 1.165) is 11.8 Å². The number of ether oxygens (including phenoxy) is 1. The van der Waals surface area contributed by atoms with E-state index in [1.165, 1.54) is 40.7 Å². The van der Waals surface area contributed by atoms with Gasteiger partial charge in [-0.25, -0.2) is 13.8 Å². The van der Waals surface area contributed by atoms with E-state index >= 15 is 0 Å². The molecule has 208 valence electrons. The second-order valence-electron chi connectivity index (χ2n) is 8.78. The minimum atomic E-state index is -4.45. The van der Waals surface area contributed by atoms with E-state index < -0.39 is 25.1 Å². The van der Waals surface area contributed by atoms with Crippen LogP contribution in [0.2, 0.25) is 0 Å². The molecule has 1 atom stereocenters. The van der Waals surface area contributed by atoms with E-state index in [0.29, 0.717) is 25.0 Å². The third-order valence-corrected chi connectivity index (χ3v) is 6.37. The zero-order valence-electron chi connectivity index (χ0n) is 20.6. The van der Waals surface area contributed by atoms with Crippen molar-refractivity contribution in [2.45, 2.75) is 37.9 Å². The van der Waals surface area contributed by atoms with Crippen LogP contribution in [-0.2, 0) is 17.6 Å². The summed E-state index contributed by atoms with van der Waals surface area (Å²) < 4.78 is 69.4. The summed E-state index contributed by atoms with van der Waals surface area (Å²) >= 11 is 1.28. The van der Waals surface area contributed by atoms with Gasteiger partial charge >= 0.3 is 6.18 Å². The van der Waals surface area contributed by atoms with Crippen molar-refractivity contribution in [3.05, 3.63) is 65.0 Å². The summed E-state index contributed by atoms with van der Waals surface area (Å²) in [7, 11) is 0. The molecular formula is C25H24F5N5O3S. The lowest BCUT2D eigenvalue weighted by molar-refractivity contribution is -0.153. The second kappa shape index (κ2) is 12.0. The Kier molecular flexibility index (Phi) is 8.73. The Hall–Kier alpha value is -3.68. The molecule has 0 radical (unpaired) electrons. The maximum Gasteiger partial charge on any atom is 0.422 e. The average Bonchev–Trinajstić information content (AvgIpc) is 3.24. The summed E-state index contributed by atoms with van der Waals surface area (Å²) in [5.41, 5.74) is 0.996. The fraction of sp³-hybridized carbons (Fsp3) is 0.360. The molecule has 2 aromatic heterocycles. The molecule has 0 fully saturated rings. The van der Waals surface area contributed by atoms with Gasteiger partial charge in [0.1, 0.15) is 11.3 Å². The van der Waals surface area contributed by atoms with Crippen LogP contribution in [0.5, 0.6) is 5.75 Å². The van der Waals surface area contributed by atoms with E-state index in [4.69, 9.17) is 4.74 Å². The number of aryl methyl sites for hydroxylation is 1. The predicted molar refractivity (Wildman–Crippen MR) is 135 cm³/mol. The Bertz CT molecular complexity index is 1330. The van der Waals surface area contributed by atoms with Gasteiger partial charge in [-0.2, -0.15) is 34.7 Å². The number of pyridine rings is 1. The van der Waals surface area contributed by atoms with Crippen molar-refractivity contribution >= 4 is 29.4 Å². The zero-order valence-corrected chi connectivity index (χ0v) is 21.4. The number of carbonyl (C=O) groups excluding carboxylic acids is 2. The molecule has 0 spiro atoms. The van der Waals surface area contributed by atoms with Crippen LogP contribution in [0.25, 0.3) is 5.82 Å². The summed E-state index contributed by atoms with van der Waals surface area (Å²) in [6, 6.07) is 8.46. The van der Waals surface area contributed by atoms with Gasteiger partial charge in [0.05, 0.1) is 11.4 Å². The van der Waals surface area contributed by atoms with Crippen LogP contribution in [-0.4, -0.2) is 57.4 Å². The fourth-order valence-electron chi connectivity index (χ4n) is 4.09. The molecule has 3 heterocycles. The number of hydrogen-bond donors (Lipinski definition) is 2. The highest BCUT2D eigenvalue weighted by atomic mass is 32.2. The number of thioether (sulfide) groups is 1. The van der Waals surface area contributed by atoms with E-state index in [2.05, 4.69) is 20.7 Å².